The van der Waals surface area contributed by atoms with E-state index < -0.39 is 15.9 Å². The molecule has 1 saturated heterocycles. The maximum Gasteiger partial charge on any atom is 0.281 e. The molecule has 1 atom stereocenters. The highest BCUT2D eigenvalue weighted by Gasteiger charge is 2.86. The molecule has 0 bridgehead atoms. The molecule has 2 spiro atoms. The minimum Gasteiger partial charge on any atom is -0.476 e. The van der Waals surface area contributed by atoms with Crippen LogP contribution in [0, 0.1) is 22.7 Å². The molecule has 3 aliphatic carbocycles. The Balaban J connectivity index is 0.905. The third kappa shape index (κ3) is 5.50. The van der Waals surface area contributed by atoms with Crippen molar-refractivity contribution in [2.75, 3.05) is 25.0 Å². The van der Waals surface area contributed by atoms with Crippen LogP contribution in [-0.2, 0) is 10.0 Å². The first kappa shape index (κ1) is 28.3. The van der Waals surface area contributed by atoms with Gasteiger partial charge in [-0.15, -0.1) is 5.10 Å². The molecule has 4 heterocycles. The molecule has 1 aliphatic heterocycles. The average Bonchev–Trinajstić information content (AvgIpc) is 3.94. The Labute approximate surface area is 252 Å². The predicted octanol–water partition coefficient (Wildman–Crippen LogP) is 3.93. The van der Waals surface area contributed by atoms with Gasteiger partial charge in [0.15, 0.2) is 10.8 Å². The highest BCUT2D eigenvalue weighted by atomic mass is 32.2. The van der Waals surface area contributed by atoms with E-state index in [9.17, 15) is 13.2 Å². The first-order valence-corrected chi connectivity index (χ1v) is 16.8. The lowest BCUT2D eigenvalue weighted by Gasteiger charge is -2.17. The van der Waals surface area contributed by atoms with Crippen LogP contribution in [0.3, 0.4) is 0 Å². The van der Waals surface area contributed by atoms with Gasteiger partial charge in [-0.25, -0.2) is 19.4 Å². The fourth-order valence-electron chi connectivity index (χ4n) is 7.45. The Bertz CT molecular complexity index is 1610. The number of amides is 1. The number of pyridine rings is 2. The quantitative estimate of drug-likeness (QED) is 0.262. The van der Waals surface area contributed by atoms with E-state index >= 15 is 0 Å². The lowest BCUT2D eigenvalue weighted by atomic mass is 9.94. The number of sulfonamides is 1. The summed E-state index contributed by atoms with van der Waals surface area (Å²) in [6.07, 6.45) is 11.7. The third-order valence-corrected chi connectivity index (χ3v) is 11.2. The number of anilines is 1. The van der Waals surface area contributed by atoms with E-state index in [0.29, 0.717) is 53.3 Å². The molecule has 0 aromatic carbocycles. The highest BCUT2D eigenvalue weighted by molar-refractivity contribution is 7.90. The summed E-state index contributed by atoms with van der Waals surface area (Å²) in [5.41, 5.74) is 1.47. The van der Waals surface area contributed by atoms with Gasteiger partial charge in [0.2, 0.25) is 5.88 Å². The number of hydrogen-bond acceptors (Lipinski definition) is 9. The summed E-state index contributed by atoms with van der Waals surface area (Å²) in [6, 6.07) is 9.62. The number of aromatic nitrogens is 4. The van der Waals surface area contributed by atoms with Gasteiger partial charge in [0, 0.05) is 36.5 Å². The normalized spacial score (nSPS) is 22.4. The van der Waals surface area contributed by atoms with Gasteiger partial charge in [-0.05, 0) is 106 Å². The number of nitrogens with one attached hydrogen (secondary N) is 3. The van der Waals surface area contributed by atoms with Crippen molar-refractivity contribution in [2.45, 2.75) is 69.4 Å². The Morgan fingerprint density at radius 3 is 2.58 bits per heavy atom. The second-order valence-electron chi connectivity index (χ2n) is 13.4. The molecule has 4 fully saturated rings. The van der Waals surface area contributed by atoms with Crippen molar-refractivity contribution in [3.8, 4) is 11.7 Å². The summed E-state index contributed by atoms with van der Waals surface area (Å²) in [7, 11) is -4.18. The van der Waals surface area contributed by atoms with Crippen molar-refractivity contribution in [3.05, 3.63) is 54.4 Å². The van der Waals surface area contributed by atoms with Crippen molar-refractivity contribution in [1.29, 1.82) is 0 Å². The van der Waals surface area contributed by atoms with Crippen molar-refractivity contribution in [2.24, 2.45) is 22.7 Å². The maximum atomic E-state index is 12.9. The highest BCUT2D eigenvalue weighted by Crippen LogP contribution is 2.92. The number of fused-ring (bicyclic) bond motifs is 1. The van der Waals surface area contributed by atoms with E-state index in [1.54, 1.807) is 35.1 Å². The second-order valence-corrected chi connectivity index (χ2v) is 15.0. The molecule has 11 nitrogen and oxygen atoms in total. The Morgan fingerprint density at radius 2 is 1.91 bits per heavy atom. The van der Waals surface area contributed by atoms with Crippen LogP contribution in [0.5, 0.6) is 5.88 Å². The molecule has 43 heavy (non-hydrogen) atoms. The fourth-order valence-corrected chi connectivity index (χ4v) is 8.39. The average molecular weight is 606 g/mol. The molecule has 12 heteroatoms. The zero-order chi connectivity index (χ0) is 29.9. The molecule has 228 valence electrons. The number of carbonyl (C=O) groups is 1. The maximum absolute atomic E-state index is 12.9. The first-order valence-electron chi connectivity index (χ1n) is 15.3. The van der Waals surface area contributed by atoms with Crippen LogP contribution in [0.2, 0.25) is 0 Å². The van der Waals surface area contributed by atoms with E-state index in [2.05, 4.69) is 44.3 Å². The van der Waals surface area contributed by atoms with Gasteiger partial charge in [-0.1, -0.05) is 6.07 Å². The number of carbonyl (C=O) groups excluding carboxylic acids is 1. The van der Waals surface area contributed by atoms with E-state index in [0.717, 1.165) is 25.8 Å². The molecule has 1 amide bonds. The van der Waals surface area contributed by atoms with Crippen molar-refractivity contribution < 1.29 is 17.9 Å². The second kappa shape index (κ2) is 10.3. The number of nitrogens with zero attached hydrogens (tertiary/aromatic N) is 4. The van der Waals surface area contributed by atoms with E-state index in [4.69, 9.17) is 4.74 Å². The molecule has 4 aliphatic rings. The lowest BCUT2D eigenvalue weighted by Crippen LogP contribution is -2.31. The largest absolute Gasteiger partial charge is 0.476 e. The van der Waals surface area contributed by atoms with Crippen LogP contribution >= 0.6 is 0 Å². The molecule has 3 N–H and O–H groups in total. The predicted molar refractivity (Wildman–Crippen MR) is 160 cm³/mol. The molecule has 3 aromatic heterocycles. The molecule has 3 saturated carbocycles. The molecule has 1 unspecified atom stereocenters. The summed E-state index contributed by atoms with van der Waals surface area (Å²) in [5.74, 6) is 2.01. The standard InChI is InChI=1S/C31H39N7O4S/c1-29(2)17-21(18-34-29)5-4-15-32-24-6-3-7-27(35-24)43(40,41)37-28(39)22-8-9-25(33-19-22)38-16-10-26(36-38)42-20-23-30(11-12-30)31(23)13-14-31/h3,6-10,16,19,21,23,34H,4-5,11-15,17-18,20H2,1-2H3,(H,32,35)(H,37,39). The van der Waals surface area contributed by atoms with Crippen LogP contribution in [0.1, 0.15) is 69.2 Å². The summed E-state index contributed by atoms with van der Waals surface area (Å²) in [5, 5.41) is 11.0. The van der Waals surface area contributed by atoms with Crippen LogP contribution < -0.4 is 20.1 Å². The monoisotopic (exact) mass is 605 g/mol. The first-order chi connectivity index (χ1) is 20.6. The lowest BCUT2D eigenvalue weighted by molar-refractivity contribution is 0.0981. The summed E-state index contributed by atoms with van der Waals surface area (Å²) >= 11 is 0. The van der Waals surface area contributed by atoms with E-state index in [-0.39, 0.29) is 16.1 Å². The molecule has 0 radical (unpaired) electrons. The van der Waals surface area contributed by atoms with Gasteiger partial charge < -0.3 is 15.4 Å². The minimum atomic E-state index is -4.18. The van der Waals surface area contributed by atoms with Gasteiger partial charge in [-0.2, -0.15) is 8.42 Å². The van der Waals surface area contributed by atoms with Crippen molar-refractivity contribution in [1.82, 2.24) is 29.8 Å². The van der Waals surface area contributed by atoms with Crippen molar-refractivity contribution in [3.63, 3.8) is 0 Å². The summed E-state index contributed by atoms with van der Waals surface area (Å²) in [6.45, 7) is 6.86. The third-order valence-electron chi connectivity index (χ3n) is 10.0. The SMILES string of the molecule is CC1(C)CC(CCCNc2cccc(S(=O)(=O)NC(=O)c3ccc(-n4ccc(OCC5C6(CC6)C56CC6)n4)nc3)n2)CN1. The molecular weight excluding hydrogens is 566 g/mol. The van der Waals surface area contributed by atoms with Crippen LogP contribution in [0.25, 0.3) is 5.82 Å². The Kier molecular flexibility index (Phi) is 6.77. The summed E-state index contributed by atoms with van der Waals surface area (Å²) in [4.78, 5) is 21.3. The Morgan fingerprint density at radius 1 is 1.12 bits per heavy atom. The van der Waals surface area contributed by atoms with Crippen LogP contribution in [0.15, 0.2) is 53.8 Å². The number of ether oxygens (including phenoxy) is 1. The van der Waals surface area contributed by atoms with Gasteiger partial charge in [-0.3, -0.25) is 4.79 Å². The van der Waals surface area contributed by atoms with Crippen LogP contribution in [-0.4, -0.2) is 59.3 Å². The Hall–Kier alpha value is -3.51. The van der Waals surface area contributed by atoms with Gasteiger partial charge >= 0.3 is 0 Å². The smallest absolute Gasteiger partial charge is 0.281 e. The molecular formula is C31H39N7O4S. The fraction of sp³-hybridized carbons (Fsp3) is 0.548. The summed E-state index contributed by atoms with van der Waals surface area (Å²) < 4.78 is 35.6. The van der Waals surface area contributed by atoms with Crippen LogP contribution in [0.4, 0.5) is 5.82 Å². The number of hydrogen-bond donors (Lipinski definition) is 3. The zero-order valence-electron chi connectivity index (χ0n) is 24.7. The van der Waals surface area contributed by atoms with Gasteiger partial charge in [0.05, 0.1) is 12.2 Å². The molecule has 3 aromatic rings. The van der Waals surface area contributed by atoms with Gasteiger partial charge in [0.25, 0.3) is 15.9 Å². The topological polar surface area (TPSA) is 140 Å². The minimum absolute atomic E-state index is 0.105. The van der Waals surface area contributed by atoms with Crippen molar-refractivity contribution >= 4 is 21.7 Å². The number of rotatable bonds is 12. The van der Waals surface area contributed by atoms with Gasteiger partial charge in [0.1, 0.15) is 5.82 Å². The molecule has 7 rings (SSSR count). The zero-order valence-corrected chi connectivity index (χ0v) is 25.5. The van der Waals surface area contributed by atoms with E-state index in [1.807, 2.05) is 0 Å². The van der Waals surface area contributed by atoms with E-state index in [1.165, 1.54) is 44.0 Å².